The van der Waals surface area contributed by atoms with Crippen LogP contribution in [0.1, 0.15) is 13.3 Å². The average Bonchev–Trinajstić information content (AvgIpc) is 2.04. The van der Waals surface area contributed by atoms with Gasteiger partial charge in [0.25, 0.3) is 0 Å². The van der Waals surface area contributed by atoms with Gasteiger partial charge in [-0.3, -0.25) is 5.43 Å². The molecule has 0 unspecified atom stereocenters. The maximum atomic E-state index is 8.08. The standard InChI is InChI=1S/C7H14N4S/c1-6(2)7(4-5-12-3)9-11-10-8/h7,9H,1,4-5H2,2-3H3/t7-/m0/s1. The molecule has 12 heavy (non-hydrogen) atoms. The molecule has 0 aliphatic carbocycles. The maximum absolute atomic E-state index is 8.08. The van der Waals surface area contributed by atoms with Gasteiger partial charge in [0.15, 0.2) is 0 Å². The van der Waals surface area contributed by atoms with E-state index in [1.807, 2.05) is 13.2 Å². The van der Waals surface area contributed by atoms with Crippen molar-refractivity contribution in [2.75, 3.05) is 12.0 Å². The number of nitrogens with zero attached hydrogens (tertiary/aromatic N) is 3. The van der Waals surface area contributed by atoms with Crippen LogP contribution >= 0.6 is 11.8 Å². The molecule has 0 fully saturated rings. The molecule has 68 valence electrons. The molecule has 0 aliphatic rings. The molecular weight excluding hydrogens is 172 g/mol. The van der Waals surface area contributed by atoms with E-state index < -0.39 is 0 Å². The van der Waals surface area contributed by atoms with E-state index in [0.29, 0.717) is 0 Å². The lowest BCUT2D eigenvalue weighted by Crippen LogP contribution is -2.25. The van der Waals surface area contributed by atoms with Gasteiger partial charge in [-0.15, -0.1) is 5.53 Å². The molecule has 5 heteroatoms. The lowest BCUT2D eigenvalue weighted by atomic mass is 10.1. The first-order valence-electron chi connectivity index (χ1n) is 3.66. The SMILES string of the molecule is C=C(C)[C@H](CCSC)NN=[N+]=[N-]. The van der Waals surface area contributed by atoms with Crippen molar-refractivity contribution in [2.24, 2.45) is 5.22 Å². The molecule has 0 bridgehead atoms. The van der Waals surface area contributed by atoms with Crippen molar-refractivity contribution in [2.45, 2.75) is 19.4 Å². The Morgan fingerprint density at radius 1 is 1.83 bits per heavy atom. The molecule has 0 spiro atoms. The Hall–Kier alpha value is -0.800. The molecule has 1 N–H and O–H groups in total. The summed E-state index contributed by atoms with van der Waals surface area (Å²) in [6.45, 7) is 5.73. The van der Waals surface area contributed by atoms with Crippen LogP contribution < -0.4 is 5.43 Å². The van der Waals surface area contributed by atoms with E-state index in [1.54, 1.807) is 11.8 Å². The van der Waals surface area contributed by atoms with Gasteiger partial charge in [-0.05, 0) is 29.7 Å². The molecule has 0 aromatic carbocycles. The fraction of sp³-hybridized carbons (Fsp3) is 0.714. The van der Waals surface area contributed by atoms with Gasteiger partial charge < -0.3 is 0 Å². The first kappa shape index (κ1) is 11.2. The van der Waals surface area contributed by atoms with Crippen molar-refractivity contribution < 1.29 is 0 Å². The van der Waals surface area contributed by atoms with Crippen LogP contribution in [0.25, 0.3) is 10.4 Å². The lowest BCUT2D eigenvalue weighted by Gasteiger charge is -2.11. The Balaban J connectivity index is 3.86. The van der Waals surface area contributed by atoms with Gasteiger partial charge in [-0.25, -0.2) is 0 Å². The van der Waals surface area contributed by atoms with Crippen molar-refractivity contribution in [1.29, 1.82) is 0 Å². The molecule has 0 amide bonds. The average molecular weight is 186 g/mol. The summed E-state index contributed by atoms with van der Waals surface area (Å²) < 4.78 is 0. The molecule has 1 atom stereocenters. The van der Waals surface area contributed by atoms with E-state index in [9.17, 15) is 0 Å². The Morgan fingerprint density at radius 3 is 2.92 bits per heavy atom. The molecule has 0 radical (unpaired) electrons. The smallest absolute Gasteiger partial charge is 0.118 e. The van der Waals surface area contributed by atoms with Crippen LogP contribution in [0.4, 0.5) is 0 Å². The minimum atomic E-state index is 0.105. The van der Waals surface area contributed by atoms with E-state index in [0.717, 1.165) is 17.7 Å². The number of hydrogen-bond acceptors (Lipinski definition) is 2. The highest BCUT2D eigenvalue weighted by Gasteiger charge is 2.09. The van der Waals surface area contributed by atoms with Crippen LogP contribution in [0, 0.1) is 0 Å². The van der Waals surface area contributed by atoms with Gasteiger partial charge >= 0.3 is 0 Å². The topological polar surface area (TPSA) is 60.8 Å². The second kappa shape index (κ2) is 6.88. The Morgan fingerprint density at radius 2 is 2.50 bits per heavy atom. The Bertz CT molecular complexity index is 186. The summed E-state index contributed by atoms with van der Waals surface area (Å²) in [5.41, 5.74) is 11.8. The van der Waals surface area contributed by atoms with Crippen molar-refractivity contribution >= 4 is 11.8 Å². The summed E-state index contributed by atoms with van der Waals surface area (Å²) in [4.78, 5) is 2.63. The number of hydrogen-bond donors (Lipinski definition) is 1. The number of rotatable bonds is 6. The lowest BCUT2D eigenvalue weighted by molar-refractivity contribution is 0.579. The molecule has 0 saturated carbocycles. The highest BCUT2D eigenvalue weighted by molar-refractivity contribution is 7.98. The zero-order valence-corrected chi connectivity index (χ0v) is 8.27. The molecule has 0 aromatic heterocycles. The zero-order chi connectivity index (χ0) is 9.40. The largest absolute Gasteiger partial charge is 0.254 e. The summed E-state index contributed by atoms with van der Waals surface area (Å²) >= 11 is 1.76. The Labute approximate surface area is 77.0 Å². The second-order valence-corrected chi connectivity index (χ2v) is 3.48. The molecular formula is C7H14N4S. The van der Waals surface area contributed by atoms with E-state index in [2.05, 4.69) is 22.1 Å². The van der Waals surface area contributed by atoms with Gasteiger partial charge in [0, 0.05) is 6.42 Å². The van der Waals surface area contributed by atoms with Crippen LogP contribution in [0.3, 0.4) is 0 Å². The molecule has 0 aliphatic heterocycles. The van der Waals surface area contributed by atoms with Crippen LogP contribution in [-0.2, 0) is 0 Å². The summed E-state index contributed by atoms with van der Waals surface area (Å²) in [6, 6.07) is 0.105. The first-order valence-corrected chi connectivity index (χ1v) is 5.05. The van der Waals surface area contributed by atoms with Crippen LogP contribution in [0.2, 0.25) is 0 Å². The maximum Gasteiger partial charge on any atom is 0.118 e. The molecule has 0 saturated heterocycles. The number of azide groups is 1. The van der Waals surface area contributed by atoms with Gasteiger partial charge in [0.2, 0.25) is 0 Å². The zero-order valence-electron chi connectivity index (χ0n) is 7.45. The van der Waals surface area contributed by atoms with Gasteiger partial charge in [0.05, 0.1) is 0 Å². The molecule has 0 rings (SSSR count). The third kappa shape index (κ3) is 4.93. The highest BCUT2D eigenvalue weighted by atomic mass is 32.2. The van der Waals surface area contributed by atoms with Crippen LogP contribution in [0.5, 0.6) is 0 Å². The third-order valence-electron chi connectivity index (χ3n) is 1.46. The van der Waals surface area contributed by atoms with Crippen LogP contribution in [0.15, 0.2) is 17.4 Å². The summed E-state index contributed by atoms with van der Waals surface area (Å²) in [7, 11) is 0. The van der Waals surface area contributed by atoms with E-state index in [4.69, 9.17) is 5.53 Å². The number of nitrogens with one attached hydrogen (secondary N) is 1. The minimum absolute atomic E-state index is 0.105. The fourth-order valence-electron chi connectivity index (χ4n) is 0.752. The Kier molecular flexibility index (Phi) is 6.42. The van der Waals surface area contributed by atoms with Crippen molar-refractivity contribution in [3.05, 3.63) is 22.6 Å². The third-order valence-corrected chi connectivity index (χ3v) is 2.11. The quantitative estimate of drug-likeness (QED) is 0.228. The monoisotopic (exact) mass is 186 g/mol. The van der Waals surface area contributed by atoms with E-state index in [1.165, 1.54) is 0 Å². The molecule has 4 nitrogen and oxygen atoms in total. The van der Waals surface area contributed by atoms with Gasteiger partial charge in [-0.2, -0.15) is 16.7 Å². The minimum Gasteiger partial charge on any atom is -0.254 e. The molecule has 0 heterocycles. The first-order chi connectivity index (χ1) is 5.72. The predicted molar refractivity (Wildman–Crippen MR) is 53.9 cm³/mol. The second-order valence-electron chi connectivity index (χ2n) is 2.50. The predicted octanol–water partition coefficient (Wildman–Crippen LogP) is 2.50. The fourth-order valence-corrected chi connectivity index (χ4v) is 1.22. The number of thioether (sulfide) groups is 1. The highest BCUT2D eigenvalue weighted by Crippen LogP contribution is 2.07. The van der Waals surface area contributed by atoms with Crippen molar-refractivity contribution in [3.8, 4) is 0 Å². The molecule has 0 aromatic rings. The van der Waals surface area contributed by atoms with Crippen molar-refractivity contribution in [1.82, 2.24) is 5.43 Å². The van der Waals surface area contributed by atoms with Gasteiger partial charge in [-0.1, -0.05) is 6.58 Å². The summed E-state index contributed by atoms with van der Waals surface area (Å²) in [5, 5.41) is 3.31. The summed E-state index contributed by atoms with van der Waals surface area (Å²) in [6.07, 6.45) is 2.98. The van der Waals surface area contributed by atoms with Gasteiger partial charge in [0.1, 0.15) is 6.04 Å². The normalized spacial score (nSPS) is 11.5. The van der Waals surface area contributed by atoms with Crippen LogP contribution in [-0.4, -0.2) is 18.1 Å². The van der Waals surface area contributed by atoms with E-state index >= 15 is 0 Å². The van der Waals surface area contributed by atoms with Crippen molar-refractivity contribution in [3.63, 3.8) is 0 Å². The summed E-state index contributed by atoms with van der Waals surface area (Å²) in [5.74, 6) is 1.03. The van der Waals surface area contributed by atoms with E-state index in [-0.39, 0.29) is 6.04 Å².